The Bertz CT molecular complexity index is 382. The van der Waals surface area contributed by atoms with Crippen LogP contribution in [0, 0.1) is 5.41 Å². The van der Waals surface area contributed by atoms with E-state index >= 15 is 0 Å². The molecular weight excluding hydrogens is 240 g/mol. The molecule has 0 unspecified atom stereocenters. The van der Waals surface area contributed by atoms with Crippen molar-refractivity contribution in [2.75, 3.05) is 13.1 Å². The van der Waals surface area contributed by atoms with Crippen LogP contribution in [0.3, 0.4) is 0 Å². The predicted octanol–water partition coefficient (Wildman–Crippen LogP) is 1.95. The minimum atomic E-state index is -0.169. The summed E-state index contributed by atoms with van der Waals surface area (Å²) in [5.41, 5.74) is 1.03. The van der Waals surface area contributed by atoms with E-state index in [4.69, 9.17) is 0 Å². The van der Waals surface area contributed by atoms with Crippen LogP contribution in [-0.4, -0.2) is 24.9 Å². The zero-order valence-electron chi connectivity index (χ0n) is 12.1. The summed E-state index contributed by atoms with van der Waals surface area (Å²) in [5.74, 6) is -0.331. The molecule has 0 saturated carbocycles. The first-order valence-corrected chi connectivity index (χ1v) is 6.29. The molecule has 0 aromatic carbocycles. The third-order valence-electron chi connectivity index (χ3n) is 2.54. The van der Waals surface area contributed by atoms with Crippen molar-refractivity contribution in [3.63, 3.8) is 0 Å². The Morgan fingerprint density at radius 2 is 1.63 bits per heavy atom. The summed E-state index contributed by atoms with van der Waals surface area (Å²) in [6.45, 7) is 14.0. The van der Waals surface area contributed by atoms with Gasteiger partial charge in [0.15, 0.2) is 0 Å². The highest BCUT2D eigenvalue weighted by molar-refractivity contribution is 5.87. The van der Waals surface area contributed by atoms with Gasteiger partial charge >= 0.3 is 0 Å². The van der Waals surface area contributed by atoms with Gasteiger partial charge in [-0.3, -0.25) is 9.59 Å². The van der Waals surface area contributed by atoms with Crippen molar-refractivity contribution in [3.05, 3.63) is 37.0 Å². The smallest absolute Gasteiger partial charge is 0.243 e. The summed E-state index contributed by atoms with van der Waals surface area (Å²) >= 11 is 0. The van der Waals surface area contributed by atoms with E-state index in [1.165, 1.54) is 17.7 Å². The molecule has 4 heteroatoms. The van der Waals surface area contributed by atoms with Crippen molar-refractivity contribution in [2.45, 2.75) is 27.2 Å². The van der Waals surface area contributed by atoms with Crippen LogP contribution < -0.4 is 10.6 Å². The minimum absolute atomic E-state index is 0.134. The van der Waals surface area contributed by atoms with Gasteiger partial charge in [-0.05, 0) is 25.5 Å². The normalized spacial score (nSPS) is 11.6. The SMILES string of the molecule is C=CC(=O)NCC/C(C)=C/C(C)(C)CNC(=O)C=C. The molecule has 2 N–H and O–H groups in total. The van der Waals surface area contributed by atoms with Crippen LogP contribution >= 0.6 is 0 Å². The molecule has 0 aliphatic heterocycles. The molecular formula is C15H24N2O2. The van der Waals surface area contributed by atoms with Crippen LogP contribution in [0.25, 0.3) is 0 Å². The Labute approximate surface area is 115 Å². The molecule has 0 atom stereocenters. The zero-order valence-corrected chi connectivity index (χ0v) is 12.1. The Balaban J connectivity index is 4.23. The van der Waals surface area contributed by atoms with Crippen LogP contribution in [-0.2, 0) is 9.59 Å². The van der Waals surface area contributed by atoms with Crippen molar-refractivity contribution in [2.24, 2.45) is 5.41 Å². The Hall–Kier alpha value is -1.84. The topological polar surface area (TPSA) is 58.2 Å². The molecule has 2 amide bonds. The summed E-state index contributed by atoms with van der Waals surface area (Å²) < 4.78 is 0. The second kappa shape index (κ2) is 8.29. The maximum absolute atomic E-state index is 11.1. The van der Waals surface area contributed by atoms with Gasteiger partial charge in [0.05, 0.1) is 0 Å². The number of amides is 2. The van der Waals surface area contributed by atoms with Crippen molar-refractivity contribution in [1.82, 2.24) is 10.6 Å². The molecule has 0 aliphatic rings. The van der Waals surface area contributed by atoms with Gasteiger partial charge in [-0.25, -0.2) is 0 Å². The van der Waals surface area contributed by atoms with Gasteiger partial charge in [-0.2, -0.15) is 0 Å². The molecule has 19 heavy (non-hydrogen) atoms. The lowest BCUT2D eigenvalue weighted by atomic mass is 9.90. The molecule has 106 valence electrons. The van der Waals surface area contributed by atoms with Crippen LogP contribution in [0.4, 0.5) is 0 Å². The lowest BCUT2D eigenvalue weighted by Crippen LogP contribution is -2.32. The Morgan fingerprint density at radius 1 is 1.11 bits per heavy atom. The number of carbonyl (C=O) groups is 2. The minimum Gasteiger partial charge on any atom is -0.352 e. The van der Waals surface area contributed by atoms with Gasteiger partial charge < -0.3 is 10.6 Å². The molecule has 0 bridgehead atoms. The number of nitrogens with one attached hydrogen (secondary N) is 2. The fraction of sp³-hybridized carbons (Fsp3) is 0.467. The maximum atomic E-state index is 11.1. The Morgan fingerprint density at radius 3 is 2.16 bits per heavy atom. The monoisotopic (exact) mass is 264 g/mol. The van der Waals surface area contributed by atoms with Gasteiger partial charge in [0.2, 0.25) is 11.8 Å². The first-order valence-electron chi connectivity index (χ1n) is 6.29. The van der Waals surface area contributed by atoms with Crippen molar-refractivity contribution in [1.29, 1.82) is 0 Å². The zero-order chi connectivity index (χ0) is 14.9. The molecule has 0 fully saturated rings. The van der Waals surface area contributed by atoms with Crippen LogP contribution in [0.5, 0.6) is 0 Å². The largest absolute Gasteiger partial charge is 0.352 e. The average Bonchev–Trinajstić information content (AvgIpc) is 2.35. The lowest BCUT2D eigenvalue weighted by molar-refractivity contribution is -0.117. The fourth-order valence-corrected chi connectivity index (χ4v) is 1.63. The van der Waals surface area contributed by atoms with E-state index in [2.05, 4.69) is 29.9 Å². The van der Waals surface area contributed by atoms with E-state index < -0.39 is 0 Å². The standard InChI is InChI=1S/C15H24N2O2/c1-6-13(18)16-9-8-12(3)10-15(4,5)11-17-14(19)7-2/h6-7,10H,1-2,8-9,11H2,3-5H3,(H,16,18)(H,17,19)/b12-10+. The summed E-state index contributed by atoms with van der Waals surface area (Å²) in [6.07, 6.45) is 5.40. The molecule has 0 heterocycles. The van der Waals surface area contributed by atoms with E-state index in [0.717, 1.165) is 6.42 Å². The van der Waals surface area contributed by atoms with Crippen LogP contribution in [0.2, 0.25) is 0 Å². The van der Waals surface area contributed by atoms with Gasteiger partial charge in [-0.15, -0.1) is 0 Å². The first kappa shape index (κ1) is 17.2. The van der Waals surface area contributed by atoms with Crippen molar-refractivity contribution < 1.29 is 9.59 Å². The maximum Gasteiger partial charge on any atom is 0.243 e. The number of rotatable bonds is 8. The van der Waals surface area contributed by atoms with Crippen molar-refractivity contribution in [3.8, 4) is 0 Å². The summed E-state index contributed by atoms with van der Waals surface area (Å²) in [7, 11) is 0. The molecule has 0 spiro atoms. The predicted molar refractivity (Wildman–Crippen MR) is 78.6 cm³/mol. The molecule has 4 nitrogen and oxygen atoms in total. The molecule has 0 aliphatic carbocycles. The van der Waals surface area contributed by atoms with E-state index in [-0.39, 0.29) is 17.2 Å². The summed E-state index contributed by atoms with van der Waals surface area (Å²) in [5, 5.41) is 5.50. The van der Waals surface area contributed by atoms with Gasteiger partial charge in [0.1, 0.15) is 0 Å². The third-order valence-corrected chi connectivity index (χ3v) is 2.54. The fourth-order valence-electron chi connectivity index (χ4n) is 1.63. The number of carbonyl (C=O) groups excluding carboxylic acids is 2. The second-order valence-corrected chi connectivity index (χ2v) is 5.15. The van der Waals surface area contributed by atoms with Crippen LogP contribution in [0.15, 0.2) is 37.0 Å². The summed E-state index contributed by atoms with van der Waals surface area (Å²) in [4.78, 5) is 22.1. The van der Waals surface area contributed by atoms with E-state index in [0.29, 0.717) is 13.1 Å². The van der Waals surface area contributed by atoms with Crippen molar-refractivity contribution >= 4 is 11.8 Å². The van der Waals surface area contributed by atoms with Crippen LogP contribution in [0.1, 0.15) is 27.2 Å². The highest BCUT2D eigenvalue weighted by Gasteiger charge is 2.15. The van der Waals surface area contributed by atoms with Gasteiger partial charge in [0, 0.05) is 18.5 Å². The van der Waals surface area contributed by atoms with E-state index in [1.807, 2.05) is 20.8 Å². The van der Waals surface area contributed by atoms with Gasteiger partial charge in [-0.1, -0.05) is 38.7 Å². The highest BCUT2D eigenvalue weighted by atomic mass is 16.2. The Kier molecular flexibility index (Phi) is 7.49. The molecule has 0 rings (SSSR count). The molecule has 0 radical (unpaired) electrons. The average molecular weight is 264 g/mol. The first-order chi connectivity index (χ1) is 8.80. The summed E-state index contributed by atoms with van der Waals surface area (Å²) in [6, 6.07) is 0. The molecule has 0 aromatic rings. The second-order valence-electron chi connectivity index (χ2n) is 5.15. The number of hydrogen-bond donors (Lipinski definition) is 2. The quantitative estimate of drug-likeness (QED) is 0.520. The molecule has 0 aromatic heterocycles. The van der Waals surface area contributed by atoms with E-state index in [1.54, 1.807) is 0 Å². The third kappa shape index (κ3) is 8.83. The van der Waals surface area contributed by atoms with E-state index in [9.17, 15) is 9.59 Å². The number of hydrogen-bond acceptors (Lipinski definition) is 2. The van der Waals surface area contributed by atoms with Gasteiger partial charge in [0.25, 0.3) is 0 Å². The highest BCUT2D eigenvalue weighted by Crippen LogP contribution is 2.19. The molecule has 0 saturated heterocycles. The lowest BCUT2D eigenvalue weighted by Gasteiger charge is -2.22.